The van der Waals surface area contributed by atoms with Crippen molar-refractivity contribution in [2.45, 2.75) is 32.7 Å². The molecule has 0 aliphatic rings. The van der Waals surface area contributed by atoms with Gasteiger partial charge in [-0.15, -0.1) is 0 Å². The van der Waals surface area contributed by atoms with Gasteiger partial charge in [-0.3, -0.25) is 9.78 Å². The fraction of sp³-hybridized carbons (Fsp3) is 0.250. The van der Waals surface area contributed by atoms with Crippen LogP contribution in [0.4, 0.5) is 4.39 Å². The number of carbonyl (C=O) groups excluding carboxylic acids is 1. The minimum absolute atomic E-state index is 0.0915. The van der Waals surface area contributed by atoms with Gasteiger partial charge in [0, 0.05) is 29.3 Å². The molecule has 3 rings (SSSR count). The predicted molar refractivity (Wildman–Crippen MR) is 113 cm³/mol. The van der Waals surface area contributed by atoms with Crippen molar-refractivity contribution in [3.63, 3.8) is 0 Å². The molecule has 0 fully saturated rings. The average Bonchev–Trinajstić information content (AvgIpc) is 2.75. The van der Waals surface area contributed by atoms with Crippen molar-refractivity contribution in [2.24, 2.45) is 0 Å². The molecule has 1 N–H and O–H groups in total. The number of benzene rings is 2. The van der Waals surface area contributed by atoms with E-state index in [1.807, 2.05) is 25.1 Å². The number of ether oxygens (including phenoxy) is 1. The van der Waals surface area contributed by atoms with Crippen LogP contribution in [0.15, 0.2) is 66.9 Å². The zero-order valence-corrected chi connectivity index (χ0v) is 16.5. The summed E-state index contributed by atoms with van der Waals surface area (Å²) in [6.07, 6.45) is 8.70. The van der Waals surface area contributed by atoms with Crippen molar-refractivity contribution in [1.82, 2.24) is 10.3 Å². The third kappa shape index (κ3) is 5.64. The molecule has 3 aromatic rings. The molecule has 0 aliphatic heterocycles. The maximum Gasteiger partial charge on any atom is 0.251 e. The lowest BCUT2D eigenvalue weighted by Gasteiger charge is -2.11. The summed E-state index contributed by atoms with van der Waals surface area (Å²) in [7, 11) is 0. The number of aromatic nitrogens is 1. The Morgan fingerprint density at radius 3 is 2.93 bits per heavy atom. The quantitative estimate of drug-likeness (QED) is 0.390. The molecule has 0 saturated carbocycles. The predicted octanol–water partition coefficient (Wildman–Crippen LogP) is 5.43. The van der Waals surface area contributed by atoms with E-state index in [2.05, 4.69) is 16.4 Å². The van der Waals surface area contributed by atoms with Gasteiger partial charge in [0.2, 0.25) is 0 Å². The number of pyridine rings is 1. The van der Waals surface area contributed by atoms with Crippen LogP contribution >= 0.6 is 0 Å². The van der Waals surface area contributed by atoms with E-state index >= 15 is 0 Å². The molecular formula is C24H25FN2O2. The molecule has 0 radical (unpaired) electrons. The summed E-state index contributed by atoms with van der Waals surface area (Å²) in [5.74, 6) is -0.464. The number of fused-ring (bicyclic) bond motifs is 1. The van der Waals surface area contributed by atoms with Gasteiger partial charge in [-0.05, 0) is 56.5 Å². The number of allylic oxidation sites excluding steroid dienone is 2. The number of nitrogens with zero attached hydrogens (tertiary/aromatic N) is 1. The molecule has 0 bridgehead atoms. The van der Waals surface area contributed by atoms with Crippen LogP contribution in [0.3, 0.4) is 0 Å². The summed E-state index contributed by atoms with van der Waals surface area (Å²) in [6.45, 7) is 2.55. The first-order chi connectivity index (χ1) is 14.2. The Balaban J connectivity index is 1.57. The Hall–Kier alpha value is -3.21. The van der Waals surface area contributed by atoms with E-state index in [1.165, 1.54) is 0 Å². The van der Waals surface area contributed by atoms with Gasteiger partial charge in [0.05, 0.1) is 12.1 Å². The highest BCUT2D eigenvalue weighted by Gasteiger charge is 2.12. The first-order valence-corrected chi connectivity index (χ1v) is 9.83. The third-order valence-electron chi connectivity index (χ3n) is 4.61. The molecule has 0 spiro atoms. The molecule has 0 saturated heterocycles. The summed E-state index contributed by atoms with van der Waals surface area (Å²) in [6, 6.07) is 14.0. The molecule has 29 heavy (non-hydrogen) atoms. The molecule has 150 valence electrons. The van der Waals surface area contributed by atoms with Crippen LogP contribution in [0.2, 0.25) is 0 Å². The van der Waals surface area contributed by atoms with Crippen LogP contribution in [0.5, 0.6) is 5.75 Å². The Bertz CT molecular complexity index is 1000. The molecule has 5 heteroatoms. The van der Waals surface area contributed by atoms with Gasteiger partial charge in [0.25, 0.3) is 5.91 Å². The Kier molecular flexibility index (Phi) is 7.34. The highest BCUT2D eigenvalue weighted by atomic mass is 19.1. The molecule has 1 heterocycles. The molecule has 0 unspecified atom stereocenters. The minimum atomic E-state index is -0.427. The lowest BCUT2D eigenvalue weighted by molar-refractivity contribution is 0.0950. The molecular weight excluding hydrogens is 367 g/mol. The van der Waals surface area contributed by atoms with Crippen LogP contribution in [-0.4, -0.2) is 17.5 Å². The summed E-state index contributed by atoms with van der Waals surface area (Å²) in [5, 5.41) is 3.66. The van der Waals surface area contributed by atoms with E-state index in [9.17, 15) is 9.18 Å². The normalized spacial score (nSPS) is 11.1. The second-order valence-corrected chi connectivity index (χ2v) is 6.74. The van der Waals surface area contributed by atoms with E-state index < -0.39 is 5.82 Å². The molecule has 0 aliphatic carbocycles. The maximum atomic E-state index is 14.7. The fourth-order valence-electron chi connectivity index (χ4n) is 3.01. The monoisotopic (exact) mass is 392 g/mol. The minimum Gasteiger partial charge on any atom is -0.491 e. The SMILES string of the molecule is C/C=C/CCCCOc1cccc(CNC(=O)c2ccc3ncccc3c2)c1F. The molecule has 4 nitrogen and oxygen atoms in total. The van der Waals surface area contributed by atoms with Crippen molar-refractivity contribution in [1.29, 1.82) is 0 Å². The second-order valence-electron chi connectivity index (χ2n) is 6.74. The molecule has 0 atom stereocenters. The van der Waals surface area contributed by atoms with Crippen molar-refractivity contribution in [3.8, 4) is 5.75 Å². The highest BCUT2D eigenvalue weighted by Crippen LogP contribution is 2.21. The first-order valence-electron chi connectivity index (χ1n) is 9.83. The number of rotatable bonds is 9. The first kappa shape index (κ1) is 20.5. The molecule has 1 aromatic heterocycles. The topological polar surface area (TPSA) is 51.2 Å². The second kappa shape index (κ2) is 10.4. The maximum absolute atomic E-state index is 14.7. The Labute approximate surface area is 170 Å². The smallest absolute Gasteiger partial charge is 0.251 e. The van der Waals surface area contributed by atoms with E-state index in [0.29, 0.717) is 17.7 Å². The lowest BCUT2D eigenvalue weighted by atomic mass is 10.1. The largest absolute Gasteiger partial charge is 0.491 e. The van der Waals surface area contributed by atoms with Crippen molar-refractivity contribution in [3.05, 3.63) is 83.8 Å². The van der Waals surface area contributed by atoms with Crippen LogP contribution in [-0.2, 0) is 6.54 Å². The number of nitrogens with one attached hydrogen (secondary N) is 1. The zero-order valence-electron chi connectivity index (χ0n) is 16.5. The lowest BCUT2D eigenvalue weighted by Crippen LogP contribution is -2.23. The Morgan fingerprint density at radius 1 is 1.17 bits per heavy atom. The number of carbonyl (C=O) groups is 1. The fourth-order valence-corrected chi connectivity index (χ4v) is 3.01. The Morgan fingerprint density at radius 2 is 2.07 bits per heavy atom. The van der Waals surface area contributed by atoms with Gasteiger partial charge in [-0.2, -0.15) is 0 Å². The van der Waals surface area contributed by atoms with E-state index in [0.717, 1.165) is 30.2 Å². The zero-order chi connectivity index (χ0) is 20.5. The standard InChI is InChI=1S/C24H25FN2O2/c1-2-3-4-5-6-15-29-22-11-7-9-20(23(22)25)17-27-24(28)19-12-13-21-18(16-19)10-8-14-26-21/h2-3,7-14,16H,4-6,15,17H2,1H3,(H,27,28)/b3-2+. The van der Waals surface area contributed by atoms with Crippen LogP contribution in [0.1, 0.15) is 42.1 Å². The van der Waals surface area contributed by atoms with Gasteiger partial charge in [0.1, 0.15) is 0 Å². The van der Waals surface area contributed by atoms with Gasteiger partial charge < -0.3 is 10.1 Å². The number of unbranched alkanes of at least 4 members (excludes halogenated alkanes) is 2. The van der Waals surface area contributed by atoms with E-state index in [1.54, 1.807) is 42.6 Å². The van der Waals surface area contributed by atoms with Crippen LogP contribution in [0, 0.1) is 5.82 Å². The van der Waals surface area contributed by atoms with Gasteiger partial charge in [-0.25, -0.2) is 4.39 Å². The van der Waals surface area contributed by atoms with Gasteiger partial charge in [-0.1, -0.05) is 30.4 Å². The van der Waals surface area contributed by atoms with E-state index in [-0.39, 0.29) is 18.2 Å². The summed E-state index contributed by atoms with van der Waals surface area (Å²) >= 11 is 0. The molecule has 2 aromatic carbocycles. The number of amides is 1. The number of hydrogen-bond donors (Lipinski definition) is 1. The average molecular weight is 392 g/mol. The summed E-state index contributed by atoms with van der Waals surface area (Å²) in [4.78, 5) is 16.7. The number of hydrogen-bond acceptors (Lipinski definition) is 3. The number of halogens is 1. The van der Waals surface area contributed by atoms with Crippen LogP contribution in [0.25, 0.3) is 10.9 Å². The van der Waals surface area contributed by atoms with Gasteiger partial charge >= 0.3 is 0 Å². The van der Waals surface area contributed by atoms with Crippen molar-refractivity contribution in [2.75, 3.05) is 6.61 Å². The van der Waals surface area contributed by atoms with E-state index in [4.69, 9.17) is 4.74 Å². The third-order valence-corrected chi connectivity index (χ3v) is 4.61. The van der Waals surface area contributed by atoms with Crippen LogP contribution < -0.4 is 10.1 Å². The molecule has 1 amide bonds. The highest BCUT2D eigenvalue weighted by molar-refractivity contribution is 5.97. The summed E-state index contributed by atoms with van der Waals surface area (Å²) < 4.78 is 20.2. The van der Waals surface area contributed by atoms with Gasteiger partial charge in [0.15, 0.2) is 11.6 Å². The summed E-state index contributed by atoms with van der Waals surface area (Å²) in [5.41, 5.74) is 1.73. The van der Waals surface area contributed by atoms with Crippen molar-refractivity contribution >= 4 is 16.8 Å². The van der Waals surface area contributed by atoms with Crippen molar-refractivity contribution < 1.29 is 13.9 Å².